The van der Waals surface area contributed by atoms with Crippen LogP contribution in [-0.2, 0) is 0 Å². The number of nitrogens with two attached hydrogens (primary N) is 1. The summed E-state index contributed by atoms with van der Waals surface area (Å²) in [6.45, 7) is 0. The van der Waals surface area contributed by atoms with Gasteiger partial charge in [-0.2, -0.15) is 0 Å². The molecule has 98 valence electrons. The quantitative estimate of drug-likeness (QED) is 0.623. The first-order chi connectivity index (χ1) is 8.97. The Balaban J connectivity index is 2.26. The highest BCUT2D eigenvalue weighted by atomic mass is 19.1. The first-order valence-electron chi connectivity index (χ1n) is 4.81. The number of nitrogens with zero attached hydrogens (tertiary/aromatic N) is 3. The molecule has 1 aromatic carbocycles. The summed E-state index contributed by atoms with van der Waals surface area (Å²) in [5.74, 6) is -1.93. The summed E-state index contributed by atoms with van der Waals surface area (Å²) < 4.78 is 17.4. The number of hydrogen-bond donors (Lipinski definition) is 2. The molecule has 0 spiro atoms. The van der Waals surface area contributed by atoms with E-state index in [0.717, 1.165) is 18.2 Å². The highest BCUT2D eigenvalue weighted by molar-refractivity contribution is 6.05. The Morgan fingerprint density at radius 1 is 1.42 bits per heavy atom. The number of nitrogen functional groups attached to an aromatic ring is 1. The molecule has 0 aliphatic heterocycles. The van der Waals surface area contributed by atoms with E-state index in [1.165, 1.54) is 0 Å². The lowest BCUT2D eigenvalue weighted by Crippen LogP contribution is -2.14. The van der Waals surface area contributed by atoms with Crippen molar-refractivity contribution in [3.8, 4) is 0 Å². The SMILES string of the molecule is Nc1nonc1C(=O)Nc1cc(F)cc([N+](=O)[O-])c1. The number of carbonyl (C=O) groups excluding carboxylic acids is 1. The first-order valence-corrected chi connectivity index (χ1v) is 4.81. The summed E-state index contributed by atoms with van der Waals surface area (Å²) in [7, 11) is 0. The molecule has 9 nitrogen and oxygen atoms in total. The minimum absolute atomic E-state index is 0.112. The van der Waals surface area contributed by atoms with Gasteiger partial charge in [-0.05, 0) is 16.4 Å². The Morgan fingerprint density at radius 2 is 2.16 bits per heavy atom. The maximum Gasteiger partial charge on any atom is 0.281 e. The van der Waals surface area contributed by atoms with Crippen LogP contribution in [0, 0.1) is 15.9 Å². The van der Waals surface area contributed by atoms with Crippen LogP contribution in [0.25, 0.3) is 0 Å². The number of amides is 1. The molecule has 3 N–H and O–H groups in total. The number of rotatable bonds is 3. The van der Waals surface area contributed by atoms with Crippen LogP contribution in [0.15, 0.2) is 22.8 Å². The molecule has 19 heavy (non-hydrogen) atoms. The molecule has 1 amide bonds. The number of nitro groups is 1. The minimum atomic E-state index is -0.865. The second-order valence-electron chi connectivity index (χ2n) is 3.41. The van der Waals surface area contributed by atoms with Gasteiger partial charge in [-0.1, -0.05) is 0 Å². The second-order valence-corrected chi connectivity index (χ2v) is 3.41. The molecule has 10 heteroatoms. The topological polar surface area (TPSA) is 137 Å². The summed E-state index contributed by atoms with van der Waals surface area (Å²) in [4.78, 5) is 21.4. The molecule has 0 aliphatic carbocycles. The zero-order valence-electron chi connectivity index (χ0n) is 9.16. The third-order valence-corrected chi connectivity index (χ3v) is 2.08. The highest BCUT2D eigenvalue weighted by Gasteiger charge is 2.18. The van der Waals surface area contributed by atoms with Crippen molar-refractivity contribution in [1.82, 2.24) is 10.3 Å². The zero-order chi connectivity index (χ0) is 14.0. The molecular formula is C9H6FN5O4. The number of non-ortho nitro benzene ring substituents is 1. The molecule has 0 unspecified atom stereocenters. The molecular weight excluding hydrogens is 261 g/mol. The number of halogens is 1. The van der Waals surface area contributed by atoms with Gasteiger partial charge in [-0.3, -0.25) is 14.9 Å². The number of nitro benzene ring substituents is 1. The predicted molar refractivity (Wildman–Crippen MR) is 59.7 cm³/mol. The fourth-order valence-corrected chi connectivity index (χ4v) is 1.30. The molecule has 1 heterocycles. The van der Waals surface area contributed by atoms with E-state index in [9.17, 15) is 19.3 Å². The molecule has 0 radical (unpaired) electrons. The van der Waals surface area contributed by atoms with Gasteiger partial charge in [-0.25, -0.2) is 9.02 Å². The Bertz CT molecular complexity index is 656. The van der Waals surface area contributed by atoms with E-state index in [-0.39, 0.29) is 17.2 Å². The normalized spacial score (nSPS) is 10.2. The van der Waals surface area contributed by atoms with Crippen molar-refractivity contribution in [3.05, 3.63) is 39.8 Å². The van der Waals surface area contributed by atoms with Crippen LogP contribution in [0.4, 0.5) is 21.6 Å². The molecule has 1 aromatic heterocycles. The molecule has 0 aliphatic rings. The monoisotopic (exact) mass is 267 g/mol. The maximum atomic E-state index is 13.1. The van der Waals surface area contributed by atoms with Gasteiger partial charge in [-0.15, -0.1) is 0 Å². The molecule has 0 saturated heterocycles. The van der Waals surface area contributed by atoms with E-state index in [4.69, 9.17) is 5.73 Å². The highest BCUT2D eigenvalue weighted by Crippen LogP contribution is 2.20. The zero-order valence-corrected chi connectivity index (χ0v) is 9.16. The average Bonchev–Trinajstić information content (AvgIpc) is 2.74. The van der Waals surface area contributed by atoms with Crippen molar-refractivity contribution in [2.75, 3.05) is 11.1 Å². The van der Waals surface area contributed by atoms with E-state index in [0.29, 0.717) is 0 Å². The fourth-order valence-electron chi connectivity index (χ4n) is 1.30. The van der Waals surface area contributed by atoms with E-state index in [2.05, 4.69) is 20.3 Å². The molecule has 2 aromatic rings. The predicted octanol–water partition coefficient (Wildman–Crippen LogP) is 0.951. The van der Waals surface area contributed by atoms with Gasteiger partial charge in [0.15, 0.2) is 0 Å². The Morgan fingerprint density at radius 3 is 2.74 bits per heavy atom. The third kappa shape index (κ3) is 2.62. The van der Waals surface area contributed by atoms with Crippen LogP contribution in [0.5, 0.6) is 0 Å². The van der Waals surface area contributed by atoms with Crippen LogP contribution in [0.1, 0.15) is 10.5 Å². The average molecular weight is 267 g/mol. The van der Waals surface area contributed by atoms with Crippen molar-refractivity contribution in [3.63, 3.8) is 0 Å². The largest absolute Gasteiger partial charge is 0.379 e. The van der Waals surface area contributed by atoms with Crippen LogP contribution in [-0.4, -0.2) is 21.1 Å². The Kier molecular flexibility index (Phi) is 3.06. The fraction of sp³-hybridized carbons (Fsp3) is 0. The lowest BCUT2D eigenvalue weighted by Gasteiger charge is -2.03. The Labute approximate surface area is 104 Å². The van der Waals surface area contributed by atoms with Crippen molar-refractivity contribution in [2.24, 2.45) is 0 Å². The summed E-state index contributed by atoms with van der Waals surface area (Å²) >= 11 is 0. The lowest BCUT2D eigenvalue weighted by atomic mass is 10.2. The minimum Gasteiger partial charge on any atom is -0.379 e. The number of benzene rings is 1. The van der Waals surface area contributed by atoms with E-state index < -0.39 is 22.3 Å². The van der Waals surface area contributed by atoms with Gasteiger partial charge in [0.1, 0.15) is 5.82 Å². The number of aromatic nitrogens is 2. The van der Waals surface area contributed by atoms with Gasteiger partial charge in [0.2, 0.25) is 11.5 Å². The molecule has 2 rings (SSSR count). The molecule has 0 atom stereocenters. The van der Waals surface area contributed by atoms with Gasteiger partial charge >= 0.3 is 0 Å². The maximum absolute atomic E-state index is 13.1. The summed E-state index contributed by atoms with van der Waals surface area (Å²) in [5, 5.41) is 19.2. The summed E-state index contributed by atoms with van der Waals surface area (Å²) in [6, 6.07) is 2.63. The van der Waals surface area contributed by atoms with Crippen LogP contribution in [0.3, 0.4) is 0 Å². The van der Waals surface area contributed by atoms with Crippen LogP contribution in [0.2, 0.25) is 0 Å². The lowest BCUT2D eigenvalue weighted by molar-refractivity contribution is -0.385. The molecule has 0 fully saturated rings. The number of nitrogens with one attached hydrogen (secondary N) is 1. The van der Waals surface area contributed by atoms with Gasteiger partial charge in [0, 0.05) is 6.07 Å². The second kappa shape index (κ2) is 4.68. The van der Waals surface area contributed by atoms with Crippen molar-refractivity contribution in [1.29, 1.82) is 0 Å². The number of anilines is 2. The molecule has 0 bridgehead atoms. The van der Waals surface area contributed by atoms with Gasteiger partial charge in [0.25, 0.3) is 11.6 Å². The van der Waals surface area contributed by atoms with E-state index in [1.807, 2.05) is 0 Å². The number of hydrogen-bond acceptors (Lipinski definition) is 7. The van der Waals surface area contributed by atoms with Crippen LogP contribution >= 0.6 is 0 Å². The standard InChI is InChI=1S/C9H6FN5O4/c10-4-1-5(3-6(2-4)15(17)18)12-9(16)7-8(11)14-19-13-7/h1-3H,(H2,11,14)(H,12,16). The number of carbonyl (C=O) groups is 1. The van der Waals surface area contributed by atoms with Gasteiger partial charge < -0.3 is 11.1 Å². The van der Waals surface area contributed by atoms with Crippen molar-refractivity contribution in [2.45, 2.75) is 0 Å². The van der Waals surface area contributed by atoms with Crippen LogP contribution < -0.4 is 11.1 Å². The smallest absolute Gasteiger partial charge is 0.281 e. The van der Waals surface area contributed by atoms with E-state index >= 15 is 0 Å². The Hall–Kier alpha value is -3.04. The van der Waals surface area contributed by atoms with Crippen molar-refractivity contribution >= 4 is 23.1 Å². The molecule has 0 saturated carbocycles. The summed E-state index contributed by atoms with van der Waals surface area (Å²) in [5.41, 5.74) is 4.38. The van der Waals surface area contributed by atoms with Crippen molar-refractivity contribution < 1.29 is 18.7 Å². The first kappa shape index (κ1) is 12.4. The third-order valence-electron chi connectivity index (χ3n) is 2.08. The van der Waals surface area contributed by atoms with E-state index in [1.54, 1.807) is 0 Å². The van der Waals surface area contributed by atoms with Gasteiger partial charge in [0.05, 0.1) is 16.7 Å². The summed E-state index contributed by atoms with van der Waals surface area (Å²) in [6.07, 6.45) is 0.